The van der Waals surface area contributed by atoms with E-state index in [1.807, 2.05) is 25.3 Å². The van der Waals surface area contributed by atoms with Crippen LogP contribution in [0, 0.1) is 0 Å². The summed E-state index contributed by atoms with van der Waals surface area (Å²) in [5.41, 5.74) is 0.983. The molecule has 21 heavy (non-hydrogen) atoms. The molecule has 0 amide bonds. The van der Waals surface area contributed by atoms with E-state index in [0.717, 1.165) is 18.8 Å². The molecule has 6 nitrogen and oxygen atoms in total. The normalized spacial score (nSPS) is 12.2. The highest BCUT2D eigenvalue weighted by atomic mass is 32.2. The summed E-state index contributed by atoms with van der Waals surface area (Å²) in [7, 11) is -1.87. The summed E-state index contributed by atoms with van der Waals surface area (Å²) in [4.78, 5) is 0.344. The second-order valence-electron chi connectivity index (χ2n) is 4.76. The second kappa shape index (κ2) is 8.53. The van der Waals surface area contributed by atoms with Crippen molar-refractivity contribution < 1.29 is 13.2 Å². The fraction of sp³-hybridized carbons (Fsp3) is 0.714. The highest BCUT2D eigenvalue weighted by molar-refractivity contribution is 7.89. The van der Waals surface area contributed by atoms with Gasteiger partial charge >= 0.3 is 0 Å². The number of nitrogens with one attached hydrogen (secondary N) is 1. The van der Waals surface area contributed by atoms with Crippen LogP contribution in [0.5, 0.6) is 0 Å². The molecular weight excluding hydrogens is 290 g/mol. The summed E-state index contributed by atoms with van der Waals surface area (Å²) in [6.07, 6.45) is 1.71. The minimum absolute atomic E-state index is 0.344. The van der Waals surface area contributed by atoms with Crippen molar-refractivity contribution in [1.29, 1.82) is 0 Å². The number of aryl methyl sites for hydroxylation is 1. The number of hydrogen-bond acceptors (Lipinski definition) is 4. The third kappa shape index (κ3) is 4.81. The minimum Gasteiger partial charge on any atom is -0.380 e. The molecule has 1 aromatic rings. The van der Waals surface area contributed by atoms with Gasteiger partial charge in [-0.1, -0.05) is 6.92 Å². The maximum atomic E-state index is 12.5. The van der Waals surface area contributed by atoms with E-state index in [2.05, 4.69) is 5.32 Å². The van der Waals surface area contributed by atoms with E-state index < -0.39 is 10.0 Å². The molecule has 1 heterocycles. The first-order chi connectivity index (χ1) is 9.97. The summed E-state index contributed by atoms with van der Waals surface area (Å²) in [5.74, 6) is 0. The summed E-state index contributed by atoms with van der Waals surface area (Å²) >= 11 is 0. The molecule has 0 aromatic carbocycles. The number of nitrogens with zero attached hydrogens (tertiary/aromatic N) is 2. The largest absolute Gasteiger partial charge is 0.380 e. The number of aromatic nitrogens is 1. The van der Waals surface area contributed by atoms with E-state index in [4.69, 9.17) is 4.74 Å². The molecule has 0 aliphatic carbocycles. The van der Waals surface area contributed by atoms with Gasteiger partial charge in [0.15, 0.2) is 0 Å². The van der Waals surface area contributed by atoms with Gasteiger partial charge in [0.05, 0.1) is 6.61 Å². The van der Waals surface area contributed by atoms with E-state index >= 15 is 0 Å². The molecule has 0 fully saturated rings. The van der Waals surface area contributed by atoms with Crippen LogP contribution in [0.2, 0.25) is 0 Å². The van der Waals surface area contributed by atoms with Crippen LogP contribution in [0.1, 0.15) is 26.5 Å². The van der Waals surface area contributed by atoms with Gasteiger partial charge in [0, 0.05) is 45.2 Å². The molecular formula is C14H27N3O3S. The Morgan fingerprint density at radius 1 is 1.33 bits per heavy atom. The van der Waals surface area contributed by atoms with Gasteiger partial charge < -0.3 is 14.6 Å². The standard InChI is InChI=1S/C14H27N3O3S/c1-5-15-11-13-10-14(12-17(13)6-2)21(18,19)16(4)8-9-20-7-3/h10,12,15H,5-9,11H2,1-4H3. The summed E-state index contributed by atoms with van der Waals surface area (Å²) in [5, 5.41) is 3.23. The molecule has 0 saturated heterocycles. The van der Waals surface area contributed by atoms with Crippen molar-refractivity contribution >= 4 is 10.0 Å². The fourth-order valence-corrected chi connectivity index (χ4v) is 3.22. The van der Waals surface area contributed by atoms with Crippen molar-refractivity contribution in [2.24, 2.45) is 0 Å². The molecule has 7 heteroatoms. The van der Waals surface area contributed by atoms with Crippen LogP contribution >= 0.6 is 0 Å². The van der Waals surface area contributed by atoms with Crippen molar-refractivity contribution in [2.75, 3.05) is 33.4 Å². The van der Waals surface area contributed by atoms with E-state index in [0.29, 0.717) is 31.2 Å². The van der Waals surface area contributed by atoms with Gasteiger partial charge in [0.25, 0.3) is 0 Å². The lowest BCUT2D eigenvalue weighted by Gasteiger charge is -2.15. The monoisotopic (exact) mass is 317 g/mol. The van der Waals surface area contributed by atoms with Gasteiger partial charge in [-0.15, -0.1) is 0 Å². The van der Waals surface area contributed by atoms with E-state index in [1.54, 1.807) is 19.3 Å². The Labute approximate surface area is 128 Å². The number of sulfonamides is 1. The van der Waals surface area contributed by atoms with Crippen LogP contribution in [0.25, 0.3) is 0 Å². The first-order valence-corrected chi connectivity index (χ1v) is 8.85. The number of likely N-dealkylation sites (N-methyl/N-ethyl adjacent to an activating group) is 1. The van der Waals surface area contributed by atoms with Crippen LogP contribution < -0.4 is 5.32 Å². The molecule has 0 unspecified atom stereocenters. The predicted octanol–water partition coefficient (Wildman–Crippen LogP) is 1.27. The molecule has 1 rings (SSSR count). The Balaban J connectivity index is 2.89. The maximum Gasteiger partial charge on any atom is 0.244 e. The molecule has 0 radical (unpaired) electrons. The summed E-state index contributed by atoms with van der Waals surface area (Å²) in [6.45, 7) is 9.55. The van der Waals surface area contributed by atoms with Crippen molar-refractivity contribution in [1.82, 2.24) is 14.2 Å². The average Bonchev–Trinajstić information content (AvgIpc) is 2.89. The fourth-order valence-electron chi connectivity index (χ4n) is 2.00. The molecule has 1 N–H and O–H groups in total. The van der Waals surface area contributed by atoms with Gasteiger partial charge in [0.2, 0.25) is 10.0 Å². The van der Waals surface area contributed by atoms with Crippen LogP contribution in [0.4, 0.5) is 0 Å². The quantitative estimate of drug-likeness (QED) is 0.660. The van der Waals surface area contributed by atoms with Crippen LogP contribution in [-0.4, -0.2) is 50.6 Å². The Hall–Kier alpha value is -0.890. The summed E-state index contributed by atoms with van der Waals surface area (Å²) < 4.78 is 33.6. The zero-order valence-corrected chi connectivity index (χ0v) is 14.2. The molecule has 1 aromatic heterocycles. The molecule has 0 spiro atoms. The van der Waals surface area contributed by atoms with E-state index in [9.17, 15) is 8.42 Å². The van der Waals surface area contributed by atoms with Crippen LogP contribution in [-0.2, 0) is 27.8 Å². The van der Waals surface area contributed by atoms with Crippen molar-refractivity contribution in [3.63, 3.8) is 0 Å². The SMILES string of the molecule is CCNCc1cc(S(=O)(=O)N(C)CCOCC)cn1CC. The predicted molar refractivity (Wildman–Crippen MR) is 83.8 cm³/mol. The second-order valence-corrected chi connectivity index (χ2v) is 6.80. The lowest BCUT2D eigenvalue weighted by molar-refractivity contribution is 0.138. The van der Waals surface area contributed by atoms with Gasteiger partial charge in [-0.05, 0) is 26.5 Å². The van der Waals surface area contributed by atoms with Crippen molar-refractivity contribution in [3.05, 3.63) is 18.0 Å². The lowest BCUT2D eigenvalue weighted by atomic mass is 10.4. The average molecular weight is 317 g/mol. The van der Waals surface area contributed by atoms with Crippen molar-refractivity contribution in [2.45, 2.75) is 38.8 Å². The van der Waals surface area contributed by atoms with Gasteiger partial charge in [-0.25, -0.2) is 8.42 Å². The molecule has 0 aliphatic rings. The molecule has 0 aliphatic heterocycles. The Kier molecular flexibility index (Phi) is 7.37. The van der Waals surface area contributed by atoms with E-state index in [-0.39, 0.29) is 0 Å². The maximum absolute atomic E-state index is 12.5. The number of ether oxygens (including phenoxy) is 1. The summed E-state index contributed by atoms with van der Waals surface area (Å²) in [6, 6.07) is 1.75. The smallest absolute Gasteiger partial charge is 0.244 e. The molecule has 0 saturated carbocycles. The zero-order chi connectivity index (χ0) is 15.9. The van der Waals surface area contributed by atoms with Gasteiger partial charge in [-0.3, -0.25) is 0 Å². The van der Waals surface area contributed by atoms with Crippen LogP contribution in [0.15, 0.2) is 17.2 Å². The molecule has 0 atom stereocenters. The van der Waals surface area contributed by atoms with Gasteiger partial charge in [0.1, 0.15) is 4.90 Å². The van der Waals surface area contributed by atoms with Gasteiger partial charge in [-0.2, -0.15) is 4.31 Å². The Morgan fingerprint density at radius 3 is 2.62 bits per heavy atom. The first kappa shape index (κ1) is 18.2. The molecule has 0 bridgehead atoms. The first-order valence-electron chi connectivity index (χ1n) is 7.41. The lowest BCUT2D eigenvalue weighted by Crippen LogP contribution is -2.30. The number of rotatable bonds is 10. The third-order valence-corrected chi connectivity index (χ3v) is 5.14. The topological polar surface area (TPSA) is 63.6 Å². The number of hydrogen-bond donors (Lipinski definition) is 1. The zero-order valence-electron chi connectivity index (χ0n) is 13.4. The highest BCUT2D eigenvalue weighted by Gasteiger charge is 2.23. The van der Waals surface area contributed by atoms with Crippen LogP contribution in [0.3, 0.4) is 0 Å². The highest BCUT2D eigenvalue weighted by Crippen LogP contribution is 2.18. The third-order valence-electron chi connectivity index (χ3n) is 3.32. The Bertz CT molecular complexity index is 526. The molecule has 122 valence electrons. The minimum atomic E-state index is -3.45. The van der Waals surface area contributed by atoms with Crippen molar-refractivity contribution in [3.8, 4) is 0 Å². The van der Waals surface area contributed by atoms with E-state index in [1.165, 1.54) is 4.31 Å². The Morgan fingerprint density at radius 2 is 2.05 bits per heavy atom.